The maximum atomic E-state index is 12.8. The zero-order chi connectivity index (χ0) is 26.5. The second kappa shape index (κ2) is 11.1. The standard InChI is InChI=1S/C29H29N3O5/c1-5-37-29(35)23-16-21(13-11-20(23)17-32(2)3)30-26(18-9-7-6-8-10-18)25-22-14-12-19(28(34)36-4)15-24(22)31-27(25)33/h6-16,31,33H,5,17H2,1-4H3. The first-order valence-electron chi connectivity index (χ1n) is 11.8. The summed E-state index contributed by atoms with van der Waals surface area (Å²) < 4.78 is 10.1. The number of ether oxygens (including phenoxy) is 2. The van der Waals surface area contributed by atoms with Gasteiger partial charge in [-0.25, -0.2) is 14.6 Å². The third kappa shape index (κ3) is 5.54. The van der Waals surface area contributed by atoms with Gasteiger partial charge in [-0.3, -0.25) is 0 Å². The van der Waals surface area contributed by atoms with Crippen LogP contribution in [0.15, 0.2) is 71.7 Å². The summed E-state index contributed by atoms with van der Waals surface area (Å²) in [5, 5.41) is 11.6. The van der Waals surface area contributed by atoms with E-state index in [-0.39, 0.29) is 12.5 Å². The molecule has 0 radical (unpaired) electrons. The van der Waals surface area contributed by atoms with Crippen LogP contribution in [-0.4, -0.2) is 60.5 Å². The van der Waals surface area contributed by atoms with E-state index in [0.29, 0.717) is 45.5 Å². The van der Waals surface area contributed by atoms with Gasteiger partial charge in [0, 0.05) is 23.0 Å². The molecule has 0 saturated carbocycles. The van der Waals surface area contributed by atoms with Gasteiger partial charge in [-0.05, 0) is 50.8 Å². The molecule has 0 fully saturated rings. The van der Waals surface area contributed by atoms with Crippen molar-refractivity contribution in [3.05, 3.63) is 94.5 Å². The number of aromatic nitrogens is 1. The number of rotatable bonds is 8. The zero-order valence-corrected chi connectivity index (χ0v) is 21.2. The minimum atomic E-state index is -0.473. The molecule has 0 spiro atoms. The minimum Gasteiger partial charge on any atom is -0.494 e. The number of fused-ring (bicyclic) bond motifs is 1. The number of methoxy groups -OCH3 is 1. The fourth-order valence-corrected chi connectivity index (χ4v) is 4.17. The molecule has 0 aliphatic heterocycles. The van der Waals surface area contributed by atoms with Crippen LogP contribution in [0.5, 0.6) is 5.88 Å². The lowest BCUT2D eigenvalue weighted by atomic mass is 9.99. The molecule has 3 aromatic carbocycles. The van der Waals surface area contributed by atoms with E-state index < -0.39 is 11.9 Å². The van der Waals surface area contributed by atoms with Gasteiger partial charge in [-0.15, -0.1) is 0 Å². The number of nitrogens with one attached hydrogen (secondary N) is 1. The molecular formula is C29H29N3O5. The minimum absolute atomic E-state index is 0.0885. The van der Waals surface area contributed by atoms with Gasteiger partial charge in [0.15, 0.2) is 5.88 Å². The Kier molecular flexibility index (Phi) is 7.69. The number of hydrogen-bond acceptors (Lipinski definition) is 7. The topological polar surface area (TPSA) is 104 Å². The summed E-state index contributed by atoms with van der Waals surface area (Å²) in [6.07, 6.45) is 0. The molecule has 4 aromatic rings. The first-order valence-corrected chi connectivity index (χ1v) is 11.8. The van der Waals surface area contributed by atoms with Gasteiger partial charge in [-0.2, -0.15) is 0 Å². The summed E-state index contributed by atoms with van der Waals surface area (Å²) >= 11 is 0. The predicted octanol–water partition coefficient (Wildman–Crippen LogP) is 5.07. The van der Waals surface area contributed by atoms with E-state index in [0.717, 1.165) is 11.1 Å². The lowest BCUT2D eigenvalue weighted by Crippen LogP contribution is -2.15. The molecule has 1 heterocycles. The molecule has 0 aliphatic carbocycles. The molecule has 0 aliphatic rings. The highest BCUT2D eigenvalue weighted by Gasteiger charge is 2.21. The van der Waals surface area contributed by atoms with Gasteiger partial charge in [0.1, 0.15) is 0 Å². The number of H-pyrrole nitrogens is 1. The largest absolute Gasteiger partial charge is 0.494 e. The first-order chi connectivity index (χ1) is 17.8. The van der Waals surface area contributed by atoms with Crippen molar-refractivity contribution < 1.29 is 24.2 Å². The van der Waals surface area contributed by atoms with Crippen LogP contribution in [-0.2, 0) is 16.0 Å². The molecule has 0 atom stereocenters. The number of aromatic amines is 1. The molecule has 2 N–H and O–H groups in total. The van der Waals surface area contributed by atoms with Crippen LogP contribution in [0.2, 0.25) is 0 Å². The van der Waals surface area contributed by atoms with E-state index >= 15 is 0 Å². The molecule has 8 nitrogen and oxygen atoms in total. The second-order valence-electron chi connectivity index (χ2n) is 8.73. The fourth-order valence-electron chi connectivity index (χ4n) is 4.17. The number of aliphatic imine (C=N–C) groups is 1. The van der Waals surface area contributed by atoms with Crippen molar-refractivity contribution in [1.29, 1.82) is 0 Å². The van der Waals surface area contributed by atoms with Crippen LogP contribution in [0.25, 0.3) is 10.9 Å². The van der Waals surface area contributed by atoms with Gasteiger partial charge in [0.05, 0.1) is 41.8 Å². The maximum Gasteiger partial charge on any atom is 0.338 e. The molecule has 0 unspecified atom stereocenters. The van der Waals surface area contributed by atoms with Crippen LogP contribution >= 0.6 is 0 Å². The third-order valence-electron chi connectivity index (χ3n) is 5.80. The Morgan fingerprint density at radius 1 is 0.973 bits per heavy atom. The zero-order valence-electron chi connectivity index (χ0n) is 21.2. The van der Waals surface area contributed by atoms with E-state index in [2.05, 4.69) is 4.98 Å². The van der Waals surface area contributed by atoms with Crippen molar-refractivity contribution in [1.82, 2.24) is 9.88 Å². The molecule has 190 valence electrons. The summed E-state index contributed by atoms with van der Waals surface area (Å²) in [7, 11) is 5.18. The summed E-state index contributed by atoms with van der Waals surface area (Å²) in [5.74, 6) is -0.976. The molecule has 37 heavy (non-hydrogen) atoms. The fraction of sp³-hybridized carbons (Fsp3) is 0.207. The number of carbonyl (C=O) groups excluding carboxylic acids is 2. The lowest BCUT2D eigenvalue weighted by molar-refractivity contribution is 0.0523. The lowest BCUT2D eigenvalue weighted by Gasteiger charge is -2.14. The number of hydrogen-bond donors (Lipinski definition) is 2. The van der Waals surface area contributed by atoms with E-state index in [4.69, 9.17) is 14.5 Å². The maximum absolute atomic E-state index is 12.8. The highest BCUT2D eigenvalue weighted by Crippen LogP contribution is 2.32. The van der Waals surface area contributed by atoms with Gasteiger partial charge < -0.3 is 24.5 Å². The van der Waals surface area contributed by atoms with Crippen LogP contribution in [0.4, 0.5) is 5.69 Å². The summed E-state index contributed by atoms with van der Waals surface area (Å²) in [6, 6.07) is 19.9. The van der Waals surface area contributed by atoms with E-state index in [9.17, 15) is 14.7 Å². The number of carbonyl (C=O) groups is 2. The Balaban J connectivity index is 1.91. The molecule has 4 rings (SSSR count). The highest BCUT2D eigenvalue weighted by atomic mass is 16.5. The molecular weight excluding hydrogens is 470 g/mol. The number of aromatic hydroxyl groups is 1. The Labute approximate surface area is 215 Å². The molecule has 1 aromatic heterocycles. The average molecular weight is 500 g/mol. The van der Waals surface area contributed by atoms with Crippen molar-refractivity contribution in [2.24, 2.45) is 4.99 Å². The quantitative estimate of drug-likeness (QED) is 0.259. The third-order valence-corrected chi connectivity index (χ3v) is 5.80. The Bertz CT molecular complexity index is 1470. The van der Waals surface area contributed by atoms with Crippen molar-refractivity contribution in [2.75, 3.05) is 27.8 Å². The van der Waals surface area contributed by atoms with Gasteiger partial charge in [-0.1, -0.05) is 42.5 Å². The predicted molar refractivity (Wildman–Crippen MR) is 143 cm³/mol. The normalized spacial score (nSPS) is 11.6. The summed E-state index contributed by atoms with van der Waals surface area (Å²) in [4.78, 5) is 34.6. The van der Waals surface area contributed by atoms with Crippen LogP contribution in [0.1, 0.15) is 44.3 Å². The van der Waals surface area contributed by atoms with Crippen LogP contribution in [0.3, 0.4) is 0 Å². The van der Waals surface area contributed by atoms with Crippen molar-refractivity contribution in [3.63, 3.8) is 0 Å². The smallest absolute Gasteiger partial charge is 0.338 e. The van der Waals surface area contributed by atoms with Crippen molar-refractivity contribution >= 4 is 34.2 Å². The number of nitrogens with zero attached hydrogens (tertiary/aromatic N) is 2. The van der Waals surface area contributed by atoms with Crippen LogP contribution < -0.4 is 0 Å². The number of benzene rings is 3. The Morgan fingerprint density at radius 3 is 2.41 bits per heavy atom. The highest BCUT2D eigenvalue weighted by molar-refractivity contribution is 6.22. The second-order valence-corrected chi connectivity index (χ2v) is 8.73. The Morgan fingerprint density at radius 2 is 1.73 bits per heavy atom. The Hall–Kier alpha value is -4.43. The van der Waals surface area contributed by atoms with E-state index in [1.54, 1.807) is 31.2 Å². The van der Waals surface area contributed by atoms with Gasteiger partial charge in [0.25, 0.3) is 0 Å². The molecule has 0 amide bonds. The summed E-state index contributed by atoms with van der Waals surface area (Å²) in [6.45, 7) is 2.60. The molecule has 0 saturated heterocycles. The SMILES string of the molecule is CCOC(=O)c1cc(N=C(c2ccccc2)c2c(O)[nH]c3cc(C(=O)OC)ccc23)ccc1CN(C)C. The molecule has 0 bridgehead atoms. The summed E-state index contributed by atoms with van der Waals surface area (Å²) in [5.41, 5.74) is 4.47. The van der Waals surface area contributed by atoms with Crippen LogP contribution in [0, 0.1) is 0 Å². The van der Waals surface area contributed by atoms with E-state index in [1.807, 2.05) is 61.5 Å². The van der Waals surface area contributed by atoms with Gasteiger partial charge >= 0.3 is 11.9 Å². The van der Waals surface area contributed by atoms with E-state index in [1.165, 1.54) is 7.11 Å². The monoisotopic (exact) mass is 499 g/mol. The van der Waals surface area contributed by atoms with Crippen molar-refractivity contribution in [3.8, 4) is 5.88 Å². The van der Waals surface area contributed by atoms with Crippen molar-refractivity contribution in [2.45, 2.75) is 13.5 Å². The first kappa shape index (κ1) is 25.7. The van der Waals surface area contributed by atoms with Gasteiger partial charge in [0.2, 0.25) is 0 Å². The average Bonchev–Trinajstić information content (AvgIpc) is 3.22. The number of esters is 2. The molecule has 8 heteroatoms.